The fraction of sp³-hybridized carbons (Fsp3) is 0.417. The number of carbonyl (C=O) groups is 1. The summed E-state index contributed by atoms with van der Waals surface area (Å²) in [6.07, 6.45) is 0.991. The minimum atomic E-state index is -3.72. The Morgan fingerprint density at radius 2 is 1.90 bits per heavy atom. The number of ether oxygens (including phenoxy) is 2. The van der Waals surface area contributed by atoms with Crippen LogP contribution < -0.4 is 19.5 Å². The summed E-state index contributed by atoms with van der Waals surface area (Å²) < 4.78 is 35.0. The van der Waals surface area contributed by atoms with Crippen LogP contribution in [0.15, 0.2) is 18.2 Å². The van der Waals surface area contributed by atoms with Crippen LogP contribution in [0.2, 0.25) is 0 Å². The highest BCUT2D eigenvalue weighted by atomic mass is 32.2. The first-order chi connectivity index (χ1) is 9.22. The first kappa shape index (κ1) is 16.1. The Balaban J connectivity index is 3.51. The lowest BCUT2D eigenvalue weighted by Crippen LogP contribution is -2.46. The van der Waals surface area contributed by atoms with Gasteiger partial charge in [0, 0.05) is 6.07 Å². The van der Waals surface area contributed by atoms with Crippen LogP contribution in [-0.4, -0.2) is 40.8 Å². The van der Waals surface area contributed by atoms with Gasteiger partial charge in [-0.15, -0.1) is 0 Å². The molecule has 1 aromatic rings. The minimum absolute atomic E-state index is 0.195. The average Bonchev–Trinajstić information content (AvgIpc) is 2.36. The second kappa shape index (κ2) is 6.00. The Morgan fingerprint density at radius 1 is 1.30 bits per heavy atom. The molecule has 7 nitrogen and oxygen atoms in total. The van der Waals surface area contributed by atoms with Crippen LogP contribution in [-0.2, 0) is 14.8 Å². The van der Waals surface area contributed by atoms with E-state index in [1.807, 2.05) is 0 Å². The maximum absolute atomic E-state index is 12.0. The fourth-order valence-electron chi connectivity index (χ4n) is 1.76. The summed E-state index contributed by atoms with van der Waals surface area (Å²) in [5, 5.41) is 0. The highest BCUT2D eigenvalue weighted by Gasteiger charge is 2.30. The quantitative estimate of drug-likeness (QED) is 0.817. The van der Waals surface area contributed by atoms with E-state index in [0.717, 1.165) is 10.6 Å². The van der Waals surface area contributed by atoms with E-state index in [4.69, 9.17) is 15.2 Å². The van der Waals surface area contributed by atoms with Crippen LogP contribution in [0, 0.1) is 0 Å². The normalized spacial score (nSPS) is 12.6. The van der Waals surface area contributed by atoms with Gasteiger partial charge in [0.25, 0.3) is 0 Å². The second-order valence-corrected chi connectivity index (χ2v) is 6.03. The van der Waals surface area contributed by atoms with Crippen molar-refractivity contribution in [1.29, 1.82) is 0 Å². The zero-order valence-corrected chi connectivity index (χ0v) is 12.6. The van der Waals surface area contributed by atoms with Crippen molar-refractivity contribution in [3.63, 3.8) is 0 Å². The van der Waals surface area contributed by atoms with Crippen LogP contribution in [0.5, 0.6) is 11.5 Å². The molecule has 0 aliphatic carbocycles. The number of rotatable bonds is 6. The molecule has 0 aliphatic rings. The number of hydrogen-bond acceptors (Lipinski definition) is 5. The van der Waals surface area contributed by atoms with Crippen LogP contribution in [0.25, 0.3) is 0 Å². The third-order valence-electron chi connectivity index (χ3n) is 2.74. The smallest absolute Gasteiger partial charge is 0.241 e. The Morgan fingerprint density at radius 3 is 2.30 bits per heavy atom. The van der Waals surface area contributed by atoms with Gasteiger partial charge in [0.05, 0.1) is 26.2 Å². The molecule has 1 atom stereocenters. The molecule has 0 saturated heterocycles. The van der Waals surface area contributed by atoms with Gasteiger partial charge in [0.2, 0.25) is 15.9 Å². The molecule has 0 aromatic heterocycles. The first-order valence-electron chi connectivity index (χ1n) is 5.73. The van der Waals surface area contributed by atoms with Crippen LogP contribution in [0.3, 0.4) is 0 Å². The van der Waals surface area contributed by atoms with Crippen LogP contribution >= 0.6 is 0 Å². The Labute approximate surface area is 118 Å². The van der Waals surface area contributed by atoms with Crippen molar-refractivity contribution in [3.05, 3.63) is 18.2 Å². The molecular weight excluding hydrogens is 284 g/mol. The van der Waals surface area contributed by atoms with Crippen LogP contribution in [0.4, 0.5) is 5.69 Å². The Bertz CT molecular complexity index is 600. The summed E-state index contributed by atoms with van der Waals surface area (Å²) in [6, 6.07) is 3.60. The van der Waals surface area contributed by atoms with Gasteiger partial charge in [-0.2, -0.15) is 0 Å². The zero-order valence-electron chi connectivity index (χ0n) is 11.8. The molecule has 0 heterocycles. The number of anilines is 1. The fourth-order valence-corrected chi connectivity index (χ4v) is 2.94. The summed E-state index contributed by atoms with van der Waals surface area (Å²) >= 11 is 0. The molecule has 0 unspecified atom stereocenters. The monoisotopic (exact) mass is 302 g/mol. The SMILES string of the molecule is COc1ccc(OC)c(N([C@H](C)C(N)=O)S(C)(=O)=O)c1. The van der Waals surface area contributed by atoms with E-state index in [2.05, 4.69) is 0 Å². The van der Waals surface area contributed by atoms with Crippen molar-refractivity contribution in [2.75, 3.05) is 24.8 Å². The third kappa shape index (κ3) is 3.32. The molecule has 1 amide bonds. The average molecular weight is 302 g/mol. The van der Waals surface area contributed by atoms with E-state index in [-0.39, 0.29) is 5.69 Å². The molecule has 0 spiro atoms. The van der Waals surface area contributed by atoms with E-state index in [0.29, 0.717) is 11.5 Å². The van der Waals surface area contributed by atoms with E-state index in [9.17, 15) is 13.2 Å². The molecule has 20 heavy (non-hydrogen) atoms. The molecule has 0 fully saturated rings. The van der Waals surface area contributed by atoms with Gasteiger partial charge in [-0.25, -0.2) is 8.42 Å². The third-order valence-corrected chi connectivity index (χ3v) is 3.97. The van der Waals surface area contributed by atoms with Crippen molar-refractivity contribution >= 4 is 21.6 Å². The number of nitrogens with zero attached hydrogens (tertiary/aromatic N) is 1. The predicted octanol–water partition coefficient (Wildman–Crippen LogP) is 0.344. The summed E-state index contributed by atoms with van der Waals surface area (Å²) in [5.41, 5.74) is 5.41. The molecule has 0 aliphatic heterocycles. The predicted molar refractivity (Wildman–Crippen MR) is 75.5 cm³/mol. The maximum Gasteiger partial charge on any atom is 0.241 e. The summed E-state index contributed by atoms with van der Waals surface area (Å²) in [6.45, 7) is 1.41. The summed E-state index contributed by atoms with van der Waals surface area (Å²) in [4.78, 5) is 11.4. The number of hydrogen-bond donors (Lipinski definition) is 1. The van der Waals surface area contributed by atoms with Gasteiger partial charge in [0.15, 0.2) is 0 Å². The topological polar surface area (TPSA) is 98.9 Å². The minimum Gasteiger partial charge on any atom is -0.497 e. The van der Waals surface area contributed by atoms with Gasteiger partial charge in [-0.1, -0.05) is 0 Å². The van der Waals surface area contributed by atoms with Gasteiger partial charge >= 0.3 is 0 Å². The lowest BCUT2D eigenvalue weighted by Gasteiger charge is -2.28. The lowest BCUT2D eigenvalue weighted by atomic mass is 10.2. The van der Waals surface area contributed by atoms with E-state index in [1.165, 1.54) is 27.2 Å². The molecule has 2 N–H and O–H groups in total. The number of sulfonamides is 1. The molecule has 0 bridgehead atoms. The van der Waals surface area contributed by atoms with Crippen molar-refractivity contribution in [2.45, 2.75) is 13.0 Å². The number of benzene rings is 1. The Kier molecular flexibility index (Phi) is 4.83. The lowest BCUT2D eigenvalue weighted by molar-refractivity contribution is -0.118. The molecule has 112 valence electrons. The van der Waals surface area contributed by atoms with Crippen molar-refractivity contribution in [3.8, 4) is 11.5 Å². The molecule has 0 saturated carbocycles. The van der Waals surface area contributed by atoms with Gasteiger partial charge in [-0.3, -0.25) is 9.10 Å². The van der Waals surface area contributed by atoms with Crippen molar-refractivity contribution in [2.24, 2.45) is 5.73 Å². The van der Waals surface area contributed by atoms with Crippen molar-refractivity contribution < 1.29 is 22.7 Å². The number of primary amides is 1. The Hall–Kier alpha value is -1.96. The van der Waals surface area contributed by atoms with E-state index < -0.39 is 22.0 Å². The molecule has 8 heteroatoms. The summed E-state index contributed by atoms with van der Waals surface area (Å²) in [7, 11) is -0.867. The van der Waals surface area contributed by atoms with Gasteiger partial charge < -0.3 is 15.2 Å². The standard InChI is InChI=1S/C12H18N2O5S/c1-8(12(13)15)14(20(4,16)17)10-7-9(18-2)5-6-11(10)19-3/h5-8H,1-4H3,(H2,13,15)/t8-/m1/s1. The van der Waals surface area contributed by atoms with Crippen molar-refractivity contribution in [1.82, 2.24) is 0 Å². The maximum atomic E-state index is 12.0. The van der Waals surface area contributed by atoms with Gasteiger partial charge in [-0.05, 0) is 19.1 Å². The zero-order chi connectivity index (χ0) is 15.5. The van der Waals surface area contributed by atoms with Gasteiger partial charge in [0.1, 0.15) is 17.5 Å². The largest absolute Gasteiger partial charge is 0.497 e. The number of nitrogens with two attached hydrogens (primary N) is 1. The molecule has 1 aromatic carbocycles. The first-order valence-corrected chi connectivity index (χ1v) is 7.58. The highest BCUT2D eigenvalue weighted by Crippen LogP contribution is 2.34. The van der Waals surface area contributed by atoms with E-state index in [1.54, 1.807) is 12.1 Å². The number of methoxy groups -OCH3 is 2. The number of amides is 1. The van der Waals surface area contributed by atoms with Crippen LogP contribution in [0.1, 0.15) is 6.92 Å². The highest BCUT2D eigenvalue weighted by molar-refractivity contribution is 7.92. The molecule has 1 rings (SSSR count). The summed E-state index contributed by atoms with van der Waals surface area (Å²) in [5.74, 6) is -0.0317. The second-order valence-electron chi connectivity index (χ2n) is 4.17. The number of carbonyl (C=O) groups excluding carboxylic acids is 1. The molecular formula is C12H18N2O5S. The molecule has 0 radical (unpaired) electrons. The van der Waals surface area contributed by atoms with E-state index >= 15 is 0 Å².